The fraction of sp³-hybridized carbons (Fsp3) is 0.375. The molecule has 0 heterocycles. The number of rotatable bonds is 6. The largest absolute Gasteiger partial charge is 0.480 e. The average Bonchev–Trinajstić information content (AvgIpc) is 3.04. The van der Waals surface area contributed by atoms with Crippen molar-refractivity contribution in [2.24, 2.45) is 5.73 Å². The van der Waals surface area contributed by atoms with Gasteiger partial charge < -0.3 is 20.3 Å². The van der Waals surface area contributed by atoms with Gasteiger partial charge in [-0.3, -0.25) is 4.79 Å². The number of imide groups is 1. The minimum Gasteiger partial charge on any atom is -0.480 e. The fourth-order valence-electron chi connectivity index (χ4n) is 3.64. The van der Waals surface area contributed by atoms with E-state index >= 15 is 0 Å². The Morgan fingerprint density at radius 2 is 1.53 bits per heavy atom. The van der Waals surface area contributed by atoms with E-state index in [0.717, 1.165) is 27.2 Å². The molecule has 8 nitrogen and oxygen atoms in total. The van der Waals surface area contributed by atoms with Crippen molar-refractivity contribution in [2.75, 3.05) is 13.2 Å². The van der Waals surface area contributed by atoms with Crippen LogP contribution in [0.4, 0.5) is 9.59 Å². The Kier molecular flexibility index (Phi) is 6.84. The second-order valence-corrected chi connectivity index (χ2v) is 8.67. The van der Waals surface area contributed by atoms with Gasteiger partial charge in [-0.25, -0.2) is 14.5 Å². The van der Waals surface area contributed by atoms with E-state index in [0.29, 0.717) is 0 Å². The van der Waals surface area contributed by atoms with Crippen molar-refractivity contribution in [1.82, 2.24) is 4.90 Å². The van der Waals surface area contributed by atoms with Gasteiger partial charge in [0.1, 0.15) is 18.2 Å². The monoisotopic (exact) mass is 440 g/mol. The number of nitrogens with zero attached hydrogens (tertiary/aromatic N) is 1. The Hall–Kier alpha value is -3.39. The van der Waals surface area contributed by atoms with E-state index in [-0.39, 0.29) is 25.5 Å². The first-order valence-corrected chi connectivity index (χ1v) is 10.4. The second-order valence-electron chi connectivity index (χ2n) is 8.67. The minimum atomic E-state index is -1.22. The smallest absolute Gasteiger partial charge is 0.419 e. The number of benzene rings is 2. The lowest BCUT2D eigenvalue weighted by Gasteiger charge is -2.26. The van der Waals surface area contributed by atoms with Crippen molar-refractivity contribution >= 4 is 18.2 Å². The molecule has 0 saturated heterocycles. The van der Waals surface area contributed by atoms with Gasteiger partial charge in [0, 0.05) is 12.5 Å². The molecule has 32 heavy (non-hydrogen) atoms. The van der Waals surface area contributed by atoms with E-state index in [2.05, 4.69) is 0 Å². The van der Waals surface area contributed by atoms with Crippen LogP contribution < -0.4 is 5.73 Å². The number of aliphatic carboxylic acids is 1. The van der Waals surface area contributed by atoms with Crippen LogP contribution in [0.3, 0.4) is 0 Å². The third kappa shape index (κ3) is 5.26. The number of carboxylic acid groups (broad SMARTS) is 1. The predicted molar refractivity (Wildman–Crippen MR) is 118 cm³/mol. The van der Waals surface area contributed by atoms with Crippen molar-refractivity contribution in [1.29, 1.82) is 0 Å². The molecular formula is C24H28N2O6. The number of hydrogen-bond donors (Lipinski definition) is 2. The number of carboxylic acids is 1. The molecule has 2 aromatic carbocycles. The molecule has 1 atom stereocenters. The highest BCUT2D eigenvalue weighted by Crippen LogP contribution is 2.44. The molecule has 3 rings (SSSR count). The molecule has 3 N–H and O–H groups in total. The van der Waals surface area contributed by atoms with E-state index in [1.54, 1.807) is 20.8 Å². The summed E-state index contributed by atoms with van der Waals surface area (Å²) in [5.74, 6) is -1.39. The lowest BCUT2D eigenvalue weighted by molar-refractivity contribution is -0.138. The number of ether oxygens (including phenoxy) is 2. The first kappa shape index (κ1) is 23.3. The van der Waals surface area contributed by atoms with Gasteiger partial charge in [-0.2, -0.15) is 0 Å². The summed E-state index contributed by atoms with van der Waals surface area (Å²) in [5.41, 5.74) is 8.95. The van der Waals surface area contributed by atoms with Gasteiger partial charge in [-0.1, -0.05) is 48.5 Å². The molecule has 0 aliphatic heterocycles. The third-order valence-corrected chi connectivity index (χ3v) is 5.15. The van der Waals surface area contributed by atoms with Gasteiger partial charge >= 0.3 is 18.2 Å². The topological polar surface area (TPSA) is 119 Å². The molecule has 1 unspecified atom stereocenters. The van der Waals surface area contributed by atoms with Gasteiger partial charge in [0.05, 0.1) is 0 Å². The van der Waals surface area contributed by atoms with Crippen molar-refractivity contribution in [3.63, 3.8) is 0 Å². The summed E-state index contributed by atoms with van der Waals surface area (Å²) >= 11 is 0. The molecule has 0 fully saturated rings. The molecule has 0 aromatic heterocycles. The van der Waals surface area contributed by atoms with E-state index in [4.69, 9.17) is 20.3 Å². The molecule has 170 valence electrons. The quantitative estimate of drug-likeness (QED) is 0.697. The first-order valence-electron chi connectivity index (χ1n) is 10.4. The number of fused-ring (bicyclic) bond motifs is 3. The fourth-order valence-corrected chi connectivity index (χ4v) is 3.64. The maximum atomic E-state index is 12.8. The summed E-state index contributed by atoms with van der Waals surface area (Å²) in [5, 5.41) is 9.02. The van der Waals surface area contributed by atoms with Crippen LogP contribution in [-0.2, 0) is 14.3 Å². The van der Waals surface area contributed by atoms with Gasteiger partial charge in [-0.05, 0) is 49.4 Å². The van der Waals surface area contributed by atoms with Crippen LogP contribution in [0.5, 0.6) is 0 Å². The minimum absolute atomic E-state index is 0.0249. The zero-order valence-corrected chi connectivity index (χ0v) is 18.4. The lowest BCUT2D eigenvalue weighted by atomic mass is 9.98. The molecule has 0 spiro atoms. The standard InChI is InChI=1S/C24H28N2O6/c1-24(2,3)32-23(30)26(13-12-20(25)21(27)28)22(29)31-14-19-17-10-6-4-8-15(17)16-9-5-7-11-18(16)19/h4-11,19-20H,12-14,25H2,1-3H3,(H,27,28). The number of carbonyl (C=O) groups is 3. The molecular weight excluding hydrogens is 412 g/mol. The molecule has 8 heteroatoms. The molecule has 1 aliphatic rings. The van der Waals surface area contributed by atoms with E-state index < -0.39 is 29.8 Å². The predicted octanol–water partition coefficient (Wildman–Crippen LogP) is 3.97. The van der Waals surface area contributed by atoms with Crippen molar-refractivity contribution in [2.45, 2.75) is 44.8 Å². The molecule has 0 radical (unpaired) electrons. The maximum Gasteiger partial charge on any atom is 0.419 e. The van der Waals surface area contributed by atoms with Crippen molar-refractivity contribution in [3.8, 4) is 11.1 Å². The second kappa shape index (κ2) is 9.40. The summed E-state index contributed by atoms with van der Waals surface area (Å²) < 4.78 is 10.8. The summed E-state index contributed by atoms with van der Waals surface area (Å²) in [7, 11) is 0. The lowest BCUT2D eigenvalue weighted by Crippen LogP contribution is -2.44. The Morgan fingerprint density at radius 1 is 1.00 bits per heavy atom. The normalized spacial score (nSPS) is 13.6. The van der Waals surface area contributed by atoms with Crippen LogP contribution in [0.1, 0.15) is 44.2 Å². The Bertz CT molecular complexity index is 968. The number of nitrogens with two attached hydrogens (primary N) is 1. The average molecular weight is 440 g/mol. The molecule has 1 aliphatic carbocycles. The highest BCUT2D eigenvalue weighted by atomic mass is 16.6. The van der Waals surface area contributed by atoms with E-state index in [9.17, 15) is 14.4 Å². The van der Waals surface area contributed by atoms with Gasteiger partial charge in [0.25, 0.3) is 0 Å². The van der Waals surface area contributed by atoms with Gasteiger partial charge in [0.2, 0.25) is 0 Å². The van der Waals surface area contributed by atoms with E-state index in [1.807, 2.05) is 48.5 Å². The van der Waals surface area contributed by atoms with Crippen LogP contribution in [0.2, 0.25) is 0 Å². The van der Waals surface area contributed by atoms with Crippen LogP contribution in [0.15, 0.2) is 48.5 Å². The first-order chi connectivity index (χ1) is 15.1. The van der Waals surface area contributed by atoms with Crippen molar-refractivity contribution in [3.05, 3.63) is 59.7 Å². The van der Waals surface area contributed by atoms with E-state index in [1.165, 1.54) is 0 Å². The summed E-state index contributed by atoms with van der Waals surface area (Å²) in [6.07, 6.45) is -1.94. The summed E-state index contributed by atoms with van der Waals surface area (Å²) in [6.45, 7) is 4.80. The molecule has 2 amide bonds. The Labute approximate surface area is 186 Å². The highest BCUT2D eigenvalue weighted by molar-refractivity contribution is 5.88. The van der Waals surface area contributed by atoms with Gasteiger partial charge in [-0.15, -0.1) is 0 Å². The zero-order valence-electron chi connectivity index (χ0n) is 18.4. The number of amides is 2. The zero-order chi connectivity index (χ0) is 23.5. The third-order valence-electron chi connectivity index (χ3n) is 5.15. The van der Waals surface area contributed by atoms with Crippen LogP contribution in [-0.4, -0.2) is 53.0 Å². The highest BCUT2D eigenvalue weighted by Gasteiger charge is 2.33. The maximum absolute atomic E-state index is 12.8. The van der Waals surface area contributed by atoms with Crippen LogP contribution >= 0.6 is 0 Å². The van der Waals surface area contributed by atoms with Crippen LogP contribution in [0.25, 0.3) is 11.1 Å². The SMILES string of the molecule is CC(C)(C)OC(=O)N(CCC(N)C(=O)O)C(=O)OCC1c2ccccc2-c2ccccc21. The number of hydrogen-bond acceptors (Lipinski definition) is 6. The molecule has 0 bridgehead atoms. The Morgan fingerprint density at radius 3 is 2.03 bits per heavy atom. The molecule has 2 aromatic rings. The van der Waals surface area contributed by atoms with Crippen LogP contribution in [0, 0.1) is 0 Å². The summed E-state index contributed by atoms with van der Waals surface area (Å²) in [6, 6.07) is 14.6. The Balaban J connectivity index is 1.76. The summed E-state index contributed by atoms with van der Waals surface area (Å²) in [4.78, 5) is 37.2. The number of carbonyl (C=O) groups excluding carboxylic acids is 2. The van der Waals surface area contributed by atoms with Crippen molar-refractivity contribution < 1.29 is 29.0 Å². The van der Waals surface area contributed by atoms with Gasteiger partial charge in [0.15, 0.2) is 0 Å². The molecule has 0 saturated carbocycles.